The van der Waals surface area contributed by atoms with Crippen LogP contribution in [0.15, 0.2) is 22.7 Å². The number of methoxy groups -OCH3 is 1. The second kappa shape index (κ2) is 5.78. The Bertz CT molecular complexity index is 542. The summed E-state index contributed by atoms with van der Waals surface area (Å²) in [5.41, 5.74) is -0.808. The molecule has 0 amide bonds. The molecule has 0 bridgehead atoms. The molecular formula is C13H14BrNO5. The van der Waals surface area contributed by atoms with Gasteiger partial charge in [-0.15, -0.1) is 0 Å². The molecule has 6 nitrogen and oxygen atoms in total. The SMILES string of the molecule is COC(=O)CC1(Oc2c(Br)cccc2[N+](=O)[O-])CCC1. The number of para-hydroxylation sites is 1. The molecule has 0 unspecified atom stereocenters. The number of hydrogen-bond donors (Lipinski definition) is 0. The maximum atomic E-state index is 11.5. The van der Waals surface area contributed by atoms with Crippen molar-refractivity contribution in [2.45, 2.75) is 31.3 Å². The van der Waals surface area contributed by atoms with Gasteiger partial charge in [-0.1, -0.05) is 6.07 Å². The average Bonchev–Trinajstić information content (AvgIpc) is 2.37. The van der Waals surface area contributed by atoms with E-state index in [9.17, 15) is 14.9 Å². The van der Waals surface area contributed by atoms with Crippen LogP contribution >= 0.6 is 15.9 Å². The second-order valence-electron chi connectivity index (χ2n) is 4.74. The van der Waals surface area contributed by atoms with E-state index in [1.54, 1.807) is 12.1 Å². The Balaban J connectivity index is 2.28. The van der Waals surface area contributed by atoms with Gasteiger partial charge in [0.25, 0.3) is 0 Å². The average molecular weight is 344 g/mol. The molecule has 1 aliphatic rings. The van der Waals surface area contributed by atoms with Gasteiger partial charge in [0.1, 0.15) is 5.60 Å². The van der Waals surface area contributed by atoms with Crippen molar-refractivity contribution in [1.29, 1.82) is 0 Å². The summed E-state index contributed by atoms with van der Waals surface area (Å²) in [6.07, 6.45) is 2.39. The maximum Gasteiger partial charge on any atom is 0.312 e. The summed E-state index contributed by atoms with van der Waals surface area (Å²) in [7, 11) is 1.32. The Hall–Kier alpha value is -1.63. The first kappa shape index (κ1) is 14.8. The molecule has 1 aromatic carbocycles. The first-order chi connectivity index (χ1) is 9.47. The molecule has 1 aromatic rings. The Morgan fingerprint density at radius 2 is 2.20 bits per heavy atom. The van der Waals surface area contributed by atoms with E-state index < -0.39 is 10.5 Å². The standard InChI is InChI=1S/C13H14BrNO5/c1-19-11(16)8-13(6-3-7-13)20-12-9(14)4-2-5-10(12)15(17)18/h2,4-5H,3,6-8H2,1H3. The van der Waals surface area contributed by atoms with Gasteiger partial charge < -0.3 is 9.47 Å². The van der Waals surface area contributed by atoms with E-state index in [0.717, 1.165) is 6.42 Å². The minimum Gasteiger partial charge on any atom is -0.479 e. The Morgan fingerprint density at radius 1 is 1.50 bits per heavy atom. The van der Waals surface area contributed by atoms with Crippen LogP contribution in [0.4, 0.5) is 5.69 Å². The minimum absolute atomic E-state index is 0.0992. The van der Waals surface area contributed by atoms with Gasteiger partial charge in [-0.2, -0.15) is 0 Å². The molecular weight excluding hydrogens is 330 g/mol. The van der Waals surface area contributed by atoms with Crippen LogP contribution in [-0.4, -0.2) is 23.6 Å². The molecule has 1 fully saturated rings. The lowest BCUT2D eigenvalue weighted by atomic mass is 9.77. The monoisotopic (exact) mass is 343 g/mol. The van der Waals surface area contributed by atoms with E-state index in [4.69, 9.17) is 4.74 Å². The minimum atomic E-state index is -0.693. The molecule has 7 heteroatoms. The van der Waals surface area contributed by atoms with Crippen LogP contribution in [0.2, 0.25) is 0 Å². The molecule has 1 aliphatic carbocycles. The van der Waals surface area contributed by atoms with Crippen LogP contribution in [0.1, 0.15) is 25.7 Å². The smallest absolute Gasteiger partial charge is 0.312 e. The molecule has 108 valence electrons. The summed E-state index contributed by atoms with van der Waals surface area (Å²) >= 11 is 3.26. The van der Waals surface area contributed by atoms with Gasteiger partial charge >= 0.3 is 11.7 Å². The van der Waals surface area contributed by atoms with Gasteiger partial charge in [0.15, 0.2) is 0 Å². The lowest BCUT2D eigenvalue weighted by Crippen LogP contribution is -2.45. The topological polar surface area (TPSA) is 78.7 Å². The van der Waals surface area contributed by atoms with Crippen molar-refractivity contribution in [2.24, 2.45) is 0 Å². The number of carbonyl (C=O) groups excluding carboxylic acids is 1. The molecule has 0 aliphatic heterocycles. The molecule has 0 heterocycles. The van der Waals surface area contributed by atoms with Crippen LogP contribution in [-0.2, 0) is 9.53 Å². The van der Waals surface area contributed by atoms with Crippen LogP contribution in [0.3, 0.4) is 0 Å². The third-order valence-electron chi connectivity index (χ3n) is 3.42. The van der Waals surface area contributed by atoms with Crippen LogP contribution in [0.5, 0.6) is 5.75 Å². The van der Waals surface area contributed by atoms with Crippen LogP contribution in [0.25, 0.3) is 0 Å². The lowest BCUT2D eigenvalue weighted by molar-refractivity contribution is -0.386. The maximum absolute atomic E-state index is 11.5. The zero-order valence-corrected chi connectivity index (χ0v) is 12.5. The summed E-state index contributed by atoms with van der Waals surface area (Å²) in [6, 6.07) is 4.63. The number of esters is 1. The molecule has 20 heavy (non-hydrogen) atoms. The highest BCUT2D eigenvalue weighted by Crippen LogP contribution is 2.44. The Labute approximate surface area is 124 Å². The number of rotatable bonds is 5. The highest BCUT2D eigenvalue weighted by Gasteiger charge is 2.43. The lowest BCUT2D eigenvalue weighted by Gasteiger charge is -2.41. The highest BCUT2D eigenvalue weighted by atomic mass is 79.9. The second-order valence-corrected chi connectivity index (χ2v) is 5.59. The summed E-state index contributed by atoms with van der Waals surface area (Å²) < 4.78 is 11.0. The van der Waals surface area contributed by atoms with Crippen molar-refractivity contribution in [3.63, 3.8) is 0 Å². The van der Waals surface area contributed by atoms with E-state index in [-0.39, 0.29) is 23.8 Å². The Kier molecular flexibility index (Phi) is 4.27. The highest BCUT2D eigenvalue weighted by molar-refractivity contribution is 9.10. The number of nitro benzene ring substituents is 1. The molecule has 0 aromatic heterocycles. The summed E-state index contributed by atoms with van der Waals surface area (Å²) in [5.74, 6) is -0.208. The van der Waals surface area contributed by atoms with Gasteiger partial charge in [-0.05, 0) is 41.3 Å². The van der Waals surface area contributed by atoms with Gasteiger partial charge in [0, 0.05) is 6.07 Å². The van der Waals surface area contributed by atoms with Crippen molar-refractivity contribution < 1.29 is 19.2 Å². The van der Waals surface area contributed by atoms with Gasteiger partial charge in [0.05, 0.1) is 22.9 Å². The molecule has 0 saturated heterocycles. The molecule has 0 spiro atoms. The predicted molar refractivity (Wildman–Crippen MR) is 74.6 cm³/mol. The van der Waals surface area contributed by atoms with Crippen molar-refractivity contribution in [3.8, 4) is 5.75 Å². The van der Waals surface area contributed by atoms with Crippen molar-refractivity contribution in [2.75, 3.05) is 7.11 Å². The van der Waals surface area contributed by atoms with Crippen molar-refractivity contribution in [3.05, 3.63) is 32.8 Å². The summed E-state index contributed by atoms with van der Waals surface area (Å²) in [6.45, 7) is 0. The molecule has 0 atom stereocenters. The molecule has 1 saturated carbocycles. The van der Waals surface area contributed by atoms with E-state index in [0.29, 0.717) is 17.3 Å². The largest absolute Gasteiger partial charge is 0.479 e. The molecule has 0 N–H and O–H groups in total. The first-order valence-electron chi connectivity index (χ1n) is 6.16. The van der Waals surface area contributed by atoms with Gasteiger partial charge in [-0.3, -0.25) is 14.9 Å². The number of carbonyl (C=O) groups is 1. The van der Waals surface area contributed by atoms with Crippen LogP contribution < -0.4 is 4.74 Å². The van der Waals surface area contributed by atoms with Crippen LogP contribution in [0, 0.1) is 10.1 Å². The van der Waals surface area contributed by atoms with Gasteiger partial charge in [-0.25, -0.2) is 0 Å². The fourth-order valence-electron chi connectivity index (χ4n) is 2.18. The van der Waals surface area contributed by atoms with E-state index >= 15 is 0 Å². The van der Waals surface area contributed by atoms with Crippen molar-refractivity contribution in [1.82, 2.24) is 0 Å². The predicted octanol–water partition coefficient (Wildman–Crippen LogP) is 3.22. The van der Waals surface area contributed by atoms with E-state index in [1.165, 1.54) is 13.2 Å². The normalized spacial score (nSPS) is 16.1. The number of halogens is 1. The number of ether oxygens (including phenoxy) is 2. The number of nitrogens with zero attached hydrogens (tertiary/aromatic N) is 1. The zero-order valence-electron chi connectivity index (χ0n) is 10.9. The fraction of sp³-hybridized carbons (Fsp3) is 0.462. The number of benzene rings is 1. The van der Waals surface area contributed by atoms with Gasteiger partial charge in [0.2, 0.25) is 5.75 Å². The fourth-order valence-corrected chi connectivity index (χ4v) is 2.62. The molecule has 2 rings (SSSR count). The third kappa shape index (κ3) is 2.92. The Morgan fingerprint density at radius 3 is 2.70 bits per heavy atom. The quantitative estimate of drug-likeness (QED) is 0.466. The third-order valence-corrected chi connectivity index (χ3v) is 4.04. The summed E-state index contributed by atoms with van der Waals surface area (Å²) in [4.78, 5) is 22.0. The zero-order chi connectivity index (χ0) is 14.8. The summed E-state index contributed by atoms with van der Waals surface area (Å²) in [5, 5.41) is 11.1. The van der Waals surface area contributed by atoms with Crippen molar-refractivity contribution >= 4 is 27.6 Å². The first-order valence-corrected chi connectivity index (χ1v) is 6.95. The van der Waals surface area contributed by atoms with E-state index in [2.05, 4.69) is 20.7 Å². The number of nitro groups is 1. The number of hydrogen-bond acceptors (Lipinski definition) is 5. The van der Waals surface area contributed by atoms with E-state index in [1.807, 2.05) is 0 Å². The molecule has 0 radical (unpaired) electrons.